The highest BCUT2D eigenvalue weighted by Gasteiger charge is 2.30. The molecule has 0 spiro atoms. The average Bonchev–Trinajstić information content (AvgIpc) is 2.99. The molecular formula is C30H32FN5O4. The Morgan fingerprint density at radius 1 is 1.05 bits per heavy atom. The normalized spacial score (nSPS) is 22.9. The Kier molecular flexibility index (Phi) is 7.61. The Morgan fingerprint density at radius 3 is 2.70 bits per heavy atom. The first-order valence-electron chi connectivity index (χ1n) is 13.7. The molecular weight excluding hydrogens is 513 g/mol. The summed E-state index contributed by atoms with van der Waals surface area (Å²) < 4.78 is 26.1. The highest BCUT2D eigenvalue weighted by atomic mass is 19.1. The largest absolute Gasteiger partial charge is 0.439 e. The number of aliphatic hydroxyl groups excluding tert-OH is 1. The van der Waals surface area contributed by atoms with Crippen molar-refractivity contribution in [2.45, 2.75) is 25.0 Å². The number of aromatic nitrogens is 2. The van der Waals surface area contributed by atoms with E-state index in [-0.39, 0.29) is 29.5 Å². The Bertz CT molecular complexity index is 1380. The second-order valence-electron chi connectivity index (χ2n) is 10.3. The summed E-state index contributed by atoms with van der Waals surface area (Å²) in [6.45, 7) is 3.83. The molecule has 10 heteroatoms. The predicted molar refractivity (Wildman–Crippen MR) is 149 cm³/mol. The fourth-order valence-electron chi connectivity index (χ4n) is 5.42. The van der Waals surface area contributed by atoms with Gasteiger partial charge in [-0.05, 0) is 37.1 Å². The van der Waals surface area contributed by atoms with Crippen LogP contribution in [0.2, 0.25) is 0 Å². The van der Waals surface area contributed by atoms with Crippen LogP contribution in [0.1, 0.15) is 23.2 Å². The van der Waals surface area contributed by atoms with Gasteiger partial charge in [0.25, 0.3) is 5.91 Å². The van der Waals surface area contributed by atoms with E-state index in [0.29, 0.717) is 75.5 Å². The first-order chi connectivity index (χ1) is 19.5. The molecule has 9 nitrogen and oxygen atoms in total. The van der Waals surface area contributed by atoms with E-state index in [2.05, 4.69) is 15.3 Å². The van der Waals surface area contributed by atoms with Crippen LogP contribution in [0.3, 0.4) is 0 Å². The number of hydrogen-bond donors (Lipinski definition) is 2. The molecule has 1 amide bonds. The van der Waals surface area contributed by atoms with Crippen molar-refractivity contribution in [3.8, 4) is 5.88 Å². The summed E-state index contributed by atoms with van der Waals surface area (Å²) in [4.78, 5) is 26.3. The monoisotopic (exact) mass is 545 g/mol. The Labute approximate surface area is 232 Å². The van der Waals surface area contributed by atoms with Crippen LogP contribution in [0, 0.1) is 11.7 Å². The van der Waals surface area contributed by atoms with E-state index in [1.807, 2.05) is 46.3 Å². The van der Waals surface area contributed by atoms with E-state index in [0.717, 1.165) is 5.57 Å². The number of anilines is 2. The molecule has 2 fully saturated rings. The van der Waals surface area contributed by atoms with Crippen molar-refractivity contribution < 1.29 is 23.8 Å². The molecule has 0 bridgehead atoms. The van der Waals surface area contributed by atoms with Crippen molar-refractivity contribution >= 4 is 17.5 Å². The van der Waals surface area contributed by atoms with Crippen LogP contribution < -0.4 is 19.9 Å². The van der Waals surface area contributed by atoms with Crippen LogP contribution in [0.4, 0.5) is 16.0 Å². The van der Waals surface area contributed by atoms with E-state index in [1.54, 1.807) is 18.3 Å². The molecule has 2 saturated heterocycles. The summed E-state index contributed by atoms with van der Waals surface area (Å²) >= 11 is 0. The first-order valence-corrected chi connectivity index (χ1v) is 13.7. The number of carbonyl (C=O) groups is 1. The number of rotatable bonds is 6. The summed E-state index contributed by atoms with van der Waals surface area (Å²) in [5, 5.41) is 12.9. The summed E-state index contributed by atoms with van der Waals surface area (Å²) in [7, 11) is 0. The quantitative estimate of drug-likeness (QED) is 0.571. The van der Waals surface area contributed by atoms with Crippen LogP contribution in [-0.4, -0.2) is 72.5 Å². The Morgan fingerprint density at radius 2 is 1.88 bits per heavy atom. The third kappa shape index (κ3) is 5.78. The van der Waals surface area contributed by atoms with Crippen LogP contribution >= 0.6 is 0 Å². The Hall–Kier alpha value is -4.02. The van der Waals surface area contributed by atoms with E-state index in [1.165, 1.54) is 12.1 Å². The zero-order chi connectivity index (χ0) is 27.5. The second kappa shape index (κ2) is 11.6. The fourth-order valence-corrected chi connectivity index (χ4v) is 5.42. The fraction of sp³-hybridized carbons (Fsp3) is 0.367. The van der Waals surface area contributed by atoms with Crippen molar-refractivity contribution in [2.24, 2.45) is 5.92 Å². The molecule has 6 rings (SSSR count). The number of benzene rings is 1. The van der Waals surface area contributed by atoms with Crippen LogP contribution in [0.25, 0.3) is 0 Å². The molecule has 2 atom stereocenters. The maximum Gasteiger partial charge on any atom is 0.251 e. The van der Waals surface area contributed by atoms with Gasteiger partial charge in [-0.3, -0.25) is 4.79 Å². The zero-order valence-corrected chi connectivity index (χ0v) is 22.1. The van der Waals surface area contributed by atoms with Gasteiger partial charge < -0.3 is 29.7 Å². The summed E-state index contributed by atoms with van der Waals surface area (Å²) in [6.07, 6.45) is 14.3. The minimum absolute atomic E-state index is 0.161. The molecule has 1 aromatic heterocycles. The number of nitrogens with one attached hydrogen (secondary N) is 1. The second-order valence-corrected chi connectivity index (χ2v) is 10.3. The smallest absolute Gasteiger partial charge is 0.251 e. The van der Waals surface area contributed by atoms with Crippen molar-refractivity contribution in [1.82, 2.24) is 15.3 Å². The van der Waals surface area contributed by atoms with Crippen molar-refractivity contribution in [3.05, 3.63) is 89.6 Å². The van der Waals surface area contributed by atoms with Gasteiger partial charge in [0.15, 0.2) is 0 Å². The number of aliphatic hydroxyl groups is 1. The lowest BCUT2D eigenvalue weighted by Gasteiger charge is -2.31. The zero-order valence-electron chi connectivity index (χ0n) is 22.1. The molecule has 2 aliphatic heterocycles. The molecule has 2 N–H and O–H groups in total. The predicted octanol–water partition coefficient (Wildman–Crippen LogP) is 3.16. The Balaban J connectivity index is 1.17. The number of morpholine rings is 1. The molecule has 3 heterocycles. The van der Waals surface area contributed by atoms with Crippen LogP contribution in [-0.2, 0) is 4.74 Å². The van der Waals surface area contributed by atoms with Crippen LogP contribution in [0.5, 0.6) is 5.88 Å². The van der Waals surface area contributed by atoms with E-state index >= 15 is 0 Å². The SMILES string of the molecule is O=C(NC1C=CC(Oc2ccnc(N3CCC(O)CC3)n2)=C2C=CC=CC21)c1cc(F)cc(N2CCOCC2)c1. The number of piperidine rings is 1. The number of carbonyl (C=O) groups excluding carboxylic acids is 1. The van der Waals surface area contributed by atoms with E-state index < -0.39 is 5.82 Å². The number of allylic oxidation sites excluding steroid dienone is 4. The maximum atomic E-state index is 14.5. The number of nitrogens with zero attached hydrogens (tertiary/aromatic N) is 4. The number of halogens is 1. The van der Waals surface area contributed by atoms with Gasteiger partial charge in [0.1, 0.15) is 11.6 Å². The third-order valence-electron chi connectivity index (χ3n) is 7.59. The topological polar surface area (TPSA) is 100 Å². The van der Waals surface area contributed by atoms with Gasteiger partial charge >= 0.3 is 0 Å². The minimum atomic E-state index is -0.449. The molecule has 40 heavy (non-hydrogen) atoms. The van der Waals surface area contributed by atoms with Crippen molar-refractivity contribution in [3.63, 3.8) is 0 Å². The number of fused-ring (bicyclic) bond motifs is 1. The number of hydrogen-bond acceptors (Lipinski definition) is 8. The number of amides is 1. The average molecular weight is 546 g/mol. The molecule has 0 radical (unpaired) electrons. The van der Waals surface area contributed by atoms with Gasteiger partial charge in [0.2, 0.25) is 11.8 Å². The molecule has 208 valence electrons. The maximum absolute atomic E-state index is 14.5. The van der Waals surface area contributed by atoms with Gasteiger partial charge in [-0.2, -0.15) is 4.98 Å². The van der Waals surface area contributed by atoms with Gasteiger partial charge in [-0.15, -0.1) is 0 Å². The third-order valence-corrected chi connectivity index (χ3v) is 7.59. The van der Waals surface area contributed by atoms with Crippen molar-refractivity contribution in [1.29, 1.82) is 0 Å². The molecule has 0 saturated carbocycles. The van der Waals surface area contributed by atoms with Crippen molar-refractivity contribution in [2.75, 3.05) is 49.2 Å². The highest BCUT2D eigenvalue weighted by molar-refractivity contribution is 5.95. The lowest BCUT2D eigenvalue weighted by atomic mass is 9.83. The molecule has 2 aromatic rings. The first kappa shape index (κ1) is 26.2. The van der Waals surface area contributed by atoms with Gasteiger partial charge in [-0.1, -0.05) is 30.4 Å². The van der Waals surface area contributed by atoms with Gasteiger partial charge in [-0.25, -0.2) is 9.37 Å². The van der Waals surface area contributed by atoms with Gasteiger partial charge in [0, 0.05) is 61.2 Å². The van der Waals surface area contributed by atoms with Gasteiger partial charge in [0.05, 0.1) is 25.4 Å². The van der Waals surface area contributed by atoms with Crippen LogP contribution in [0.15, 0.2) is 78.3 Å². The summed E-state index contributed by atoms with van der Waals surface area (Å²) in [5.41, 5.74) is 1.86. The van der Waals surface area contributed by atoms with E-state index in [9.17, 15) is 14.3 Å². The molecule has 2 aliphatic carbocycles. The molecule has 4 aliphatic rings. The standard InChI is InChI=1S/C30H32FN5O4/c31-21-17-20(18-22(19-21)35-13-15-39-16-14-35)29(38)33-26-5-6-27(25-4-2-1-3-24(25)26)40-28-7-10-32-30(34-28)36-11-8-23(37)9-12-36/h1-7,10,17-19,23-24,26,37H,8-9,11-16H2,(H,33,38). The highest BCUT2D eigenvalue weighted by Crippen LogP contribution is 2.32. The lowest BCUT2D eigenvalue weighted by molar-refractivity contribution is 0.0938. The minimum Gasteiger partial charge on any atom is -0.439 e. The molecule has 1 aromatic carbocycles. The number of ether oxygens (including phenoxy) is 2. The molecule has 2 unspecified atom stereocenters. The van der Waals surface area contributed by atoms with E-state index in [4.69, 9.17) is 9.47 Å². The lowest BCUT2D eigenvalue weighted by Crippen LogP contribution is -2.41. The summed E-state index contributed by atoms with van der Waals surface area (Å²) in [6, 6.07) is 5.82. The summed E-state index contributed by atoms with van der Waals surface area (Å²) in [5.74, 6) is 0.670.